The molecule has 2 heterocycles. The van der Waals surface area contributed by atoms with E-state index in [-0.39, 0.29) is 17.2 Å². The number of hydrogen-bond donors (Lipinski definition) is 0. The summed E-state index contributed by atoms with van der Waals surface area (Å²) < 4.78 is 17.7. The van der Waals surface area contributed by atoms with Crippen molar-refractivity contribution in [1.29, 1.82) is 0 Å². The van der Waals surface area contributed by atoms with Crippen molar-refractivity contribution in [2.45, 2.75) is 51.4 Å². The Balaban J connectivity index is 1.69. The summed E-state index contributed by atoms with van der Waals surface area (Å²) in [7, 11) is -0.419. The second-order valence-corrected chi connectivity index (χ2v) is 7.83. The van der Waals surface area contributed by atoms with E-state index in [0.717, 1.165) is 5.56 Å². The summed E-state index contributed by atoms with van der Waals surface area (Å²) in [4.78, 5) is 16.4. The van der Waals surface area contributed by atoms with Crippen LogP contribution < -0.4 is 0 Å². The molecule has 1 saturated heterocycles. The fraction of sp³-hybridized carbons (Fsp3) is 0.364. The molecule has 1 atom stereocenters. The molecular weight excluding hydrogens is 353 g/mol. The number of nitrogens with zero attached hydrogens (tertiary/aromatic N) is 1. The Hall–Kier alpha value is -2.44. The van der Waals surface area contributed by atoms with Gasteiger partial charge < -0.3 is 14.0 Å². The smallest absolute Gasteiger partial charge is 0.454 e. The summed E-state index contributed by atoms with van der Waals surface area (Å²) in [6.45, 7) is 8.07. The van der Waals surface area contributed by atoms with E-state index in [4.69, 9.17) is 14.0 Å². The molecular formula is C22H26BNO4. The first kappa shape index (κ1) is 20.3. The predicted molar refractivity (Wildman–Crippen MR) is 109 cm³/mol. The van der Waals surface area contributed by atoms with E-state index in [1.54, 1.807) is 24.5 Å². The fourth-order valence-corrected chi connectivity index (χ4v) is 2.89. The molecule has 0 radical (unpaired) electrons. The average Bonchev–Trinajstić information content (AvgIpc) is 2.88. The Morgan fingerprint density at radius 1 is 1.07 bits per heavy atom. The normalized spacial score (nSPS) is 18.9. The van der Waals surface area contributed by atoms with E-state index in [9.17, 15) is 4.79 Å². The van der Waals surface area contributed by atoms with Crippen LogP contribution in [0.5, 0.6) is 0 Å². The number of ether oxygens (including phenoxy) is 1. The van der Waals surface area contributed by atoms with Gasteiger partial charge >= 0.3 is 13.1 Å². The number of pyridine rings is 1. The maximum absolute atomic E-state index is 12.5. The van der Waals surface area contributed by atoms with E-state index < -0.39 is 13.2 Å². The van der Waals surface area contributed by atoms with Gasteiger partial charge in [0, 0.05) is 18.8 Å². The van der Waals surface area contributed by atoms with Crippen LogP contribution in [0.25, 0.3) is 0 Å². The fourth-order valence-electron chi connectivity index (χ4n) is 2.89. The van der Waals surface area contributed by atoms with Crippen LogP contribution in [-0.4, -0.2) is 29.3 Å². The Bertz CT molecular complexity index is 805. The molecule has 146 valence electrons. The molecule has 28 heavy (non-hydrogen) atoms. The summed E-state index contributed by atoms with van der Waals surface area (Å²) >= 11 is 0. The third-order valence-electron chi connectivity index (χ3n) is 5.25. The molecule has 2 aromatic rings. The average molecular weight is 379 g/mol. The molecule has 1 aliphatic heterocycles. The zero-order valence-corrected chi connectivity index (χ0v) is 16.8. The van der Waals surface area contributed by atoms with Gasteiger partial charge in [0.15, 0.2) is 0 Å². The molecule has 1 aliphatic rings. The number of carbonyl (C=O) groups is 1. The van der Waals surface area contributed by atoms with Gasteiger partial charge in [0.1, 0.15) is 6.10 Å². The first-order valence-corrected chi connectivity index (χ1v) is 9.47. The highest BCUT2D eigenvalue weighted by Gasteiger charge is 2.49. The van der Waals surface area contributed by atoms with Crippen molar-refractivity contribution in [2.75, 3.05) is 0 Å². The number of aromatic nitrogens is 1. The van der Waals surface area contributed by atoms with Gasteiger partial charge in [-0.3, -0.25) is 4.98 Å². The first-order chi connectivity index (χ1) is 13.3. The van der Waals surface area contributed by atoms with Gasteiger partial charge in [-0.2, -0.15) is 0 Å². The minimum absolute atomic E-state index is 0.375. The molecule has 0 saturated carbocycles. The summed E-state index contributed by atoms with van der Waals surface area (Å²) in [5.41, 5.74) is 0.651. The van der Waals surface area contributed by atoms with Crippen molar-refractivity contribution >= 4 is 13.1 Å². The molecule has 0 aliphatic carbocycles. The van der Waals surface area contributed by atoms with Crippen molar-refractivity contribution in [2.24, 2.45) is 0 Å². The minimum Gasteiger partial charge on any atom is -0.454 e. The van der Waals surface area contributed by atoms with Crippen LogP contribution in [0.15, 0.2) is 66.9 Å². The van der Waals surface area contributed by atoms with Crippen LogP contribution in [0.1, 0.15) is 56.1 Å². The number of benzene rings is 1. The lowest BCUT2D eigenvalue weighted by molar-refractivity contribution is 0.00578. The lowest BCUT2D eigenvalue weighted by Crippen LogP contribution is -2.41. The van der Waals surface area contributed by atoms with E-state index >= 15 is 0 Å². The van der Waals surface area contributed by atoms with Crippen LogP contribution in [0.3, 0.4) is 0 Å². The molecule has 0 spiro atoms. The molecule has 1 aromatic carbocycles. The number of hydrogen-bond acceptors (Lipinski definition) is 5. The monoisotopic (exact) mass is 379 g/mol. The van der Waals surface area contributed by atoms with Gasteiger partial charge in [0.2, 0.25) is 0 Å². The molecule has 1 aromatic heterocycles. The lowest BCUT2D eigenvalue weighted by Gasteiger charge is -2.32. The van der Waals surface area contributed by atoms with Crippen LogP contribution in [0.2, 0.25) is 0 Å². The molecule has 6 heteroatoms. The number of esters is 1. The Morgan fingerprint density at radius 3 is 2.29 bits per heavy atom. The molecule has 1 fully saturated rings. The van der Waals surface area contributed by atoms with E-state index in [1.165, 1.54) is 0 Å². The lowest BCUT2D eigenvalue weighted by atomic mass is 9.89. The summed E-state index contributed by atoms with van der Waals surface area (Å²) in [5, 5.41) is 0. The largest absolute Gasteiger partial charge is 0.486 e. The van der Waals surface area contributed by atoms with Crippen molar-refractivity contribution < 1.29 is 18.8 Å². The highest BCUT2D eigenvalue weighted by molar-refractivity contribution is 6.51. The van der Waals surface area contributed by atoms with Crippen LogP contribution in [-0.2, 0) is 14.0 Å². The first-order valence-electron chi connectivity index (χ1n) is 9.47. The van der Waals surface area contributed by atoms with Crippen molar-refractivity contribution in [3.63, 3.8) is 0 Å². The zero-order chi connectivity index (χ0) is 20.2. The Labute approximate surface area is 166 Å². The van der Waals surface area contributed by atoms with E-state index in [0.29, 0.717) is 12.0 Å². The van der Waals surface area contributed by atoms with Gasteiger partial charge in [-0.05, 0) is 45.4 Å². The molecule has 0 N–H and O–H groups in total. The third kappa shape index (κ3) is 4.69. The maximum Gasteiger partial charge on any atom is 0.486 e. The quantitative estimate of drug-likeness (QED) is 0.544. The highest BCUT2D eigenvalue weighted by Crippen LogP contribution is 2.37. The second kappa shape index (κ2) is 8.29. The highest BCUT2D eigenvalue weighted by atomic mass is 16.7. The zero-order valence-electron chi connectivity index (χ0n) is 16.8. The van der Waals surface area contributed by atoms with Gasteiger partial charge in [0.25, 0.3) is 0 Å². The summed E-state index contributed by atoms with van der Waals surface area (Å²) in [6.07, 6.45) is 5.21. The number of carbonyl (C=O) groups excluding carboxylic acids is 1. The second-order valence-electron chi connectivity index (χ2n) is 7.83. The van der Waals surface area contributed by atoms with E-state index in [2.05, 4.69) is 4.98 Å². The molecule has 0 bridgehead atoms. The Morgan fingerprint density at radius 2 is 1.68 bits per heavy atom. The summed E-state index contributed by atoms with van der Waals surface area (Å²) in [6, 6.07) is 13.0. The maximum atomic E-state index is 12.5. The van der Waals surface area contributed by atoms with Crippen LogP contribution in [0.4, 0.5) is 0 Å². The Kier molecular flexibility index (Phi) is 6.01. The molecule has 1 unspecified atom stereocenters. The standard InChI is InChI=1S/C22H26BNO4/c1-21(2)22(3,4)28-23(27-21)14-8-11-19(17-9-6-5-7-10-17)26-20(25)18-12-15-24-16-13-18/h5-10,12-16,19H,11H2,1-4H3/b14-8-. The van der Waals surface area contributed by atoms with Crippen molar-refractivity contribution in [3.8, 4) is 0 Å². The van der Waals surface area contributed by atoms with Gasteiger partial charge in [-0.25, -0.2) is 4.79 Å². The minimum atomic E-state index is -0.419. The van der Waals surface area contributed by atoms with Crippen molar-refractivity contribution in [3.05, 3.63) is 78.0 Å². The SMILES string of the molecule is CC1(C)OB(/C=C\CC(OC(=O)c2ccncc2)c2ccccc2)OC1(C)C. The van der Waals surface area contributed by atoms with E-state index in [1.807, 2.05) is 70.1 Å². The van der Waals surface area contributed by atoms with Crippen LogP contribution >= 0.6 is 0 Å². The topological polar surface area (TPSA) is 57.7 Å². The van der Waals surface area contributed by atoms with Gasteiger partial charge in [0.05, 0.1) is 16.8 Å². The molecule has 0 amide bonds. The van der Waals surface area contributed by atoms with Crippen molar-refractivity contribution in [1.82, 2.24) is 4.98 Å². The predicted octanol–water partition coefficient (Wildman–Crippen LogP) is 4.56. The van der Waals surface area contributed by atoms with Crippen LogP contribution in [0, 0.1) is 0 Å². The molecule has 5 nitrogen and oxygen atoms in total. The number of rotatable bonds is 6. The van der Waals surface area contributed by atoms with Gasteiger partial charge in [-0.1, -0.05) is 42.4 Å². The van der Waals surface area contributed by atoms with Gasteiger partial charge in [-0.15, -0.1) is 0 Å². The third-order valence-corrected chi connectivity index (χ3v) is 5.25. The summed E-state index contributed by atoms with van der Waals surface area (Å²) in [5.74, 6) is 1.51. The molecule has 3 rings (SSSR count).